The summed E-state index contributed by atoms with van der Waals surface area (Å²) in [5.41, 5.74) is 0. The summed E-state index contributed by atoms with van der Waals surface area (Å²) in [6, 6.07) is 1.40. The van der Waals surface area contributed by atoms with Gasteiger partial charge >= 0.3 is 5.82 Å². The minimum absolute atomic E-state index is 0.0312. The summed E-state index contributed by atoms with van der Waals surface area (Å²) in [6.07, 6.45) is 0.828. The van der Waals surface area contributed by atoms with Gasteiger partial charge in [-0.15, -0.1) is 4.68 Å². The molecule has 1 aromatic rings. The Kier molecular flexibility index (Phi) is 2.80. The van der Waals surface area contributed by atoms with Gasteiger partial charge in [0.2, 0.25) is 0 Å². The molecule has 12 heavy (non-hydrogen) atoms. The van der Waals surface area contributed by atoms with Crippen LogP contribution in [0.25, 0.3) is 0 Å². The molecule has 0 unspecified atom stereocenters. The summed E-state index contributed by atoms with van der Waals surface area (Å²) >= 11 is 3.08. The van der Waals surface area contributed by atoms with Gasteiger partial charge in [0.1, 0.15) is 6.54 Å². The molecule has 0 saturated heterocycles. The third-order valence-corrected chi connectivity index (χ3v) is 1.74. The Morgan fingerprint density at radius 1 is 1.83 bits per heavy atom. The molecule has 0 radical (unpaired) electrons. The molecule has 0 aromatic carbocycles. The predicted molar refractivity (Wildman–Crippen MR) is 46.9 cm³/mol. The molecule has 0 aliphatic carbocycles. The highest BCUT2D eigenvalue weighted by molar-refractivity contribution is 9.10. The van der Waals surface area contributed by atoms with Crippen molar-refractivity contribution in [1.82, 2.24) is 9.78 Å². The molecule has 0 spiro atoms. The summed E-state index contributed by atoms with van der Waals surface area (Å²) in [4.78, 5) is 10.00. The molecule has 1 aromatic heterocycles. The normalized spacial score (nSPS) is 10.2. The molecule has 5 nitrogen and oxygen atoms in total. The van der Waals surface area contributed by atoms with Gasteiger partial charge in [0.25, 0.3) is 0 Å². The summed E-state index contributed by atoms with van der Waals surface area (Å²) in [6.45, 7) is 2.52. The van der Waals surface area contributed by atoms with Crippen LogP contribution in [-0.2, 0) is 6.54 Å². The van der Waals surface area contributed by atoms with Crippen molar-refractivity contribution in [3.8, 4) is 0 Å². The van der Waals surface area contributed by atoms with Crippen molar-refractivity contribution in [1.29, 1.82) is 0 Å². The lowest BCUT2D eigenvalue weighted by Crippen LogP contribution is -2.03. The topological polar surface area (TPSA) is 61.0 Å². The first-order valence-corrected chi connectivity index (χ1v) is 4.32. The number of hydrogen-bond acceptors (Lipinski definition) is 3. The lowest BCUT2D eigenvalue weighted by molar-refractivity contribution is -0.392. The first-order chi connectivity index (χ1) is 5.65. The SMILES string of the molecule is CCCn1nc(Br)cc1[N+](=O)[O-]. The van der Waals surface area contributed by atoms with E-state index in [0.717, 1.165) is 6.42 Å². The molecule has 0 aliphatic rings. The number of aryl methyl sites for hydroxylation is 1. The van der Waals surface area contributed by atoms with Crippen molar-refractivity contribution < 1.29 is 4.92 Å². The van der Waals surface area contributed by atoms with E-state index in [1.807, 2.05) is 6.92 Å². The second-order valence-electron chi connectivity index (χ2n) is 2.31. The van der Waals surface area contributed by atoms with Gasteiger partial charge in [0.05, 0.1) is 6.07 Å². The van der Waals surface area contributed by atoms with Crippen molar-refractivity contribution >= 4 is 21.7 Å². The van der Waals surface area contributed by atoms with E-state index in [1.54, 1.807) is 0 Å². The second-order valence-corrected chi connectivity index (χ2v) is 3.12. The zero-order valence-corrected chi connectivity index (χ0v) is 8.11. The van der Waals surface area contributed by atoms with E-state index in [4.69, 9.17) is 0 Å². The van der Waals surface area contributed by atoms with Crippen molar-refractivity contribution in [2.24, 2.45) is 0 Å². The van der Waals surface area contributed by atoms with E-state index in [0.29, 0.717) is 11.1 Å². The number of halogens is 1. The molecule has 1 heterocycles. The number of aromatic nitrogens is 2. The molecule has 0 amide bonds. The molecule has 66 valence electrons. The van der Waals surface area contributed by atoms with Crippen LogP contribution < -0.4 is 0 Å². The largest absolute Gasteiger partial charge is 0.358 e. The van der Waals surface area contributed by atoms with Crippen molar-refractivity contribution in [3.63, 3.8) is 0 Å². The molecule has 0 N–H and O–H groups in total. The number of rotatable bonds is 3. The van der Waals surface area contributed by atoms with Crippen LogP contribution in [0.15, 0.2) is 10.7 Å². The summed E-state index contributed by atoms with van der Waals surface area (Å²) in [7, 11) is 0. The van der Waals surface area contributed by atoms with E-state index in [9.17, 15) is 10.1 Å². The van der Waals surface area contributed by atoms with Gasteiger partial charge in [0, 0.05) is 0 Å². The highest BCUT2D eigenvalue weighted by Crippen LogP contribution is 2.17. The van der Waals surface area contributed by atoms with Gasteiger partial charge < -0.3 is 10.1 Å². The van der Waals surface area contributed by atoms with E-state index < -0.39 is 4.92 Å². The van der Waals surface area contributed by atoms with Gasteiger partial charge in [-0.25, -0.2) is 0 Å². The zero-order chi connectivity index (χ0) is 9.14. The monoisotopic (exact) mass is 233 g/mol. The van der Waals surface area contributed by atoms with Gasteiger partial charge in [-0.3, -0.25) is 0 Å². The van der Waals surface area contributed by atoms with Gasteiger partial charge in [0.15, 0.2) is 4.60 Å². The van der Waals surface area contributed by atoms with Crippen molar-refractivity contribution in [3.05, 3.63) is 20.8 Å². The van der Waals surface area contributed by atoms with Gasteiger partial charge in [-0.1, -0.05) is 12.0 Å². The second kappa shape index (κ2) is 3.66. The third kappa shape index (κ3) is 1.82. The van der Waals surface area contributed by atoms with Crippen LogP contribution in [0.2, 0.25) is 0 Å². The van der Waals surface area contributed by atoms with Crippen molar-refractivity contribution in [2.45, 2.75) is 19.9 Å². The fraction of sp³-hybridized carbons (Fsp3) is 0.500. The maximum atomic E-state index is 10.4. The van der Waals surface area contributed by atoms with Crippen LogP contribution in [0.5, 0.6) is 0 Å². The van der Waals surface area contributed by atoms with E-state index in [2.05, 4.69) is 21.0 Å². The third-order valence-electron chi connectivity index (χ3n) is 1.35. The van der Waals surface area contributed by atoms with Gasteiger partial charge in [-0.2, -0.15) is 0 Å². The zero-order valence-electron chi connectivity index (χ0n) is 6.53. The highest BCUT2D eigenvalue weighted by Gasteiger charge is 2.15. The first-order valence-electron chi connectivity index (χ1n) is 3.53. The van der Waals surface area contributed by atoms with Crippen molar-refractivity contribution in [2.75, 3.05) is 0 Å². The summed E-state index contributed by atoms with van der Waals surface area (Å²) < 4.78 is 1.88. The first kappa shape index (κ1) is 9.18. The van der Waals surface area contributed by atoms with E-state index in [1.165, 1.54) is 10.7 Å². The molecule has 0 aliphatic heterocycles. The Hall–Kier alpha value is -0.910. The minimum Gasteiger partial charge on any atom is -0.358 e. The van der Waals surface area contributed by atoms with Crippen LogP contribution >= 0.6 is 15.9 Å². The lowest BCUT2D eigenvalue weighted by Gasteiger charge is -1.95. The molecule has 6 heteroatoms. The average molecular weight is 234 g/mol. The lowest BCUT2D eigenvalue weighted by atomic mass is 10.5. The standard InChI is InChI=1S/C6H8BrN3O2/c1-2-3-9-6(10(11)12)4-5(7)8-9/h4H,2-3H2,1H3. The molecular weight excluding hydrogens is 226 g/mol. The molecule has 0 bridgehead atoms. The summed E-state index contributed by atoms with van der Waals surface area (Å²) in [5.74, 6) is 0.0312. The maximum Gasteiger partial charge on any atom is 0.346 e. The number of nitrogens with zero attached hydrogens (tertiary/aromatic N) is 3. The summed E-state index contributed by atoms with van der Waals surface area (Å²) in [5, 5.41) is 14.3. The molecule has 0 saturated carbocycles. The fourth-order valence-electron chi connectivity index (χ4n) is 0.900. The van der Waals surface area contributed by atoms with Crippen LogP contribution in [0.1, 0.15) is 13.3 Å². The smallest absolute Gasteiger partial charge is 0.346 e. The quantitative estimate of drug-likeness (QED) is 0.593. The van der Waals surface area contributed by atoms with Crippen LogP contribution in [0.3, 0.4) is 0 Å². The van der Waals surface area contributed by atoms with Gasteiger partial charge in [-0.05, 0) is 27.3 Å². The predicted octanol–water partition coefficient (Wildman–Crippen LogP) is 1.96. The van der Waals surface area contributed by atoms with Crippen LogP contribution in [-0.4, -0.2) is 14.7 Å². The highest BCUT2D eigenvalue weighted by atomic mass is 79.9. The molecular formula is C6H8BrN3O2. The van der Waals surface area contributed by atoms with E-state index >= 15 is 0 Å². The molecule has 0 fully saturated rings. The van der Waals surface area contributed by atoms with Crippen LogP contribution in [0, 0.1) is 10.1 Å². The fourth-order valence-corrected chi connectivity index (χ4v) is 1.30. The Bertz CT molecular complexity index is 297. The minimum atomic E-state index is -0.437. The van der Waals surface area contributed by atoms with E-state index in [-0.39, 0.29) is 5.82 Å². The maximum absolute atomic E-state index is 10.4. The Morgan fingerprint density at radius 2 is 2.50 bits per heavy atom. The molecule has 0 atom stereocenters. The molecule has 1 rings (SSSR count). The van der Waals surface area contributed by atoms with Crippen LogP contribution in [0.4, 0.5) is 5.82 Å². The number of hydrogen-bond donors (Lipinski definition) is 0. The number of nitro groups is 1. The Balaban J connectivity index is 2.99. The average Bonchev–Trinajstić information content (AvgIpc) is 2.32. The Labute approximate surface area is 77.7 Å². The Morgan fingerprint density at radius 3 is 3.00 bits per heavy atom.